The van der Waals surface area contributed by atoms with Crippen LogP contribution in [0.2, 0.25) is 0 Å². The number of amides is 12. The van der Waals surface area contributed by atoms with Crippen LogP contribution < -0.4 is 10.6 Å². The first-order valence-electron chi connectivity index (χ1n) is 39.2. The molecule has 6 rings (SSSR count). The monoisotopic (exact) mass is 1520 g/mol. The van der Waals surface area contributed by atoms with Crippen LogP contribution in [-0.4, -0.2) is 309 Å². The zero-order chi connectivity index (χ0) is 79.7. The number of nitrogens with zero attached hydrogens (tertiary/aromatic N) is 10. The summed E-state index contributed by atoms with van der Waals surface area (Å²) in [6, 6.07) is -10.5. The fourth-order valence-electron chi connectivity index (χ4n) is 16.7. The molecule has 12 amide bonds. The fraction of sp³-hybridized carbons (Fsp3) is 0.818. The average Bonchev–Trinajstić information content (AvgIpc) is 1.66. The molecule has 107 heavy (non-hydrogen) atoms. The first-order valence-corrected chi connectivity index (χ1v) is 39.2. The lowest BCUT2D eigenvalue weighted by Crippen LogP contribution is -2.68. The van der Waals surface area contributed by atoms with Gasteiger partial charge in [0.1, 0.15) is 53.9 Å². The van der Waals surface area contributed by atoms with Gasteiger partial charge in [-0.05, 0) is 114 Å². The first kappa shape index (κ1) is 88.9. The van der Waals surface area contributed by atoms with E-state index in [1.165, 1.54) is 105 Å². The number of carbonyl (C=O) groups excluding carboxylic acids is 12. The van der Waals surface area contributed by atoms with Crippen LogP contribution in [0.25, 0.3) is 0 Å². The normalized spacial score (nSPS) is 30.5. The summed E-state index contributed by atoms with van der Waals surface area (Å²) < 4.78 is 60.5. The molecule has 30 heteroatoms. The Hall–Kier alpha value is -6.95. The van der Waals surface area contributed by atoms with Crippen molar-refractivity contribution < 1.29 is 84.9 Å². The van der Waals surface area contributed by atoms with E-state index < -0.39 is 186 Å². The second-order valence-electron chi connectivity index (χ2n) is 31.5. The molecule has 0 aromatic heterocycles. The van der Waals surface area contributed by atoms with E-state index in [9.17, 15) is 41.9 Å². The SMILES string of the molecule is CCCOC[C@H]1C(=O)N[C@@H]([C@@H](C)CC)C(=O)N(C)CC(=O)N(C)[C@H]2C/C=C\CCN(C2=O)[C@@H](CC2CCC(C)CC2)C(=O)N(C)CC(=O)N[C@@H](CCC2CCC(C(F)(F)F)C(OC)C2)C(=O)N2C[C@H](OCC)C[C@H]2C(=O)N(C)C2(CCC2)C(=O)N(C)[C@@H](C(CC)CC)C(=O)N(C)[C@H](C(=O)N(C)C)CC(=O)N1C. The van der Waals surface area contributed by atoms with Crippen LogP contribution in [-0.2, 0) is 71.7 Å². The van der Waals surface area contributed by atoms with E-state index in [-0.39, 0.29) is 103 Å². The second kappa shape index (κ2) is 40.1. The van der Waals surface area contributed by atoms with E-state index >= 15 is 28.8 Å². The quantitative estimate of drug-likeness (QED) is 0.126. The third-order valence-corrected chi connectivity index (χ3v) is 24.2. The number of alkyl halides is 3. The van der Waals surface area contributed by atoms with E-state index in [1.54, 1.807) is 19.9 Å². The minimum atomic E-state index is -4.52. The summed E-state index contributed by atoms with van der Waals surface area (Å²) in [5, 5.41) is 5.75. The highest BCUT2D eigenvalue weighted by Crippen LogP contribution is 2.44. The van der Waals surface area contributed by atoms with Gasteiger partial charge in [0.25, 0.3) is 0 Å². The zero-order valence-corrected chi connectivity index (χ0v) is 66.9. The Bertz CT molecular complexity index is 3110. The number of ether oxygens (including phenoxy) is 3. The standard InChI is InChI=1S/C77H127F3N12O15/c1-18-39-106-47-60-67(96)82-65(49(7)19-2)73(102)85(11)46-64(95)86(12)56-27-24-23-25-38-91(72(56)101)58(40-50-30-28-48(6)29-31-50)70(99)84(10)45-62(93)81-55(35-33-51-32-34-54(77(78,79)80)61(41-51)105-17)68(97)92-44-53(107-22-5)42-59(92)71(100)90(16)76(36-26-37-76)75(104)89(15)66(52(20-3)21-4)74(103)88(14)57(69(98)83(8)9)43-63(94)87(60)13/h23-24,48-61,65-66H,18-22,25-47H2,1-17H3,(H,81,93)(H,82,96)/b24-23-/t48?,49-,50?,51?,53+,54?,55-,56-,57-,58-,59-,60-,61?,65-,66-/m0/s1. The lowest BCUT2D eigenvalue weighted by atomic mass is 9.73. The Labute approximate surface area is 632 Å². The van der Waals surface area contributed by atoms with E-state index in [2.05, 4.69) is 17.6 Å². The molecule has 27 nitrogen and oxygen atoms in total. The number of nitrogens with one attached hydrogen (secondary N) is 2. The molecular weight excluding hydrogens is 1390 g/mol. The van der Waals surface area contributed by atoms with Crippen LogP contribution in [0.15, 0.2) is 12.2 Å². The molecule has 0 aromatic carbocycles. The van der Waals surface area contributed by atoms with Crippen LogP contribution >= 0.6 is 0 Å². The number of hydrogen-bond donors (Lipinski definition) is 2. The molecule has 0 aromatic rings. The average molecular weight is 1520 g/mol. The number of fused-ring (bicyclic) bond motifs is 3. The highest BCUT2D eigenvalue weighted by molar-refractivity contribution is 6.01. The highest BCUT2D eigenvalue weighted by atomic mass is 19.4. The Balaban J connectivity index is 1.50. The molecule has 0 radical (unpaired) electrons. The molecule has 3 heterocycles. The maximum absolute atomic E-state index is 15.8. The number of methoxy groups -OCH3 is 1. The van der Waals surface area contributed by atoms with Gasteiger partial charge >= 0.3 is 6.18 Å². The molecule has 2 saturated heterocycles. The molecule has 5 fully saturated rings. The summed E-state index contributed by atoms with van der Waals surface area (Å²) >= 11 is 0. The fourth-order valence-corrected chi connectivity index (χ4v) is 16.7. The van der Waals surface area contributed by atoms with Gasteiger partial charge in [0.15, 0.2) is 0 Å². The zero-order valence-electron chi connectivity index (χ0n) is 66.9. The topological polar surface area (TPSA) is 289 Å². The molecule has 6 aliphatic rings. The third-order valence-electron chi connectivity index (χ3n) is 24.2. The maximum atomic E-state index is 15.8. The highest BCUT2D eigenvalue weighted by Gasteiger charge is 2.57. The Kier molecular flexibility index (Phi) is 33.4. The van der Waals surface area contributed by atoms with Crippen molar-refractivity contribution in [1.29, 1.82) is 0 Å². The lowest BCUT2D eigenvalue weighted by Gasteiger charge is -2.51. The molecular formula is C77H127F3N12O15. The van der Waals surface area contributed by atoms with Crippen LogP contribution in [0.5, 0.6) is 0 Å². The van der Waals surface area contributed by atoms with Crippen LogP contribution in [0, 0.1) is 35.5 Å². The van der Waals surface area contributed by atoms with Gasteiger partial charge in [-0.1, -0.05) is 98.6 Å². The van der Waals surface area contributed by atoms with E-state index in [4.69, 9.17) is 14.2 Å². The van der Waals surface area contributed by atoms with Crippen molar-refractivity contribution >= 4 is 70.9 Å². The number of halogens is 3. The molecule has 2 N–H and O–H groups in total. The Morgan fingerprint density at radius 1 is 0.682 bits per heavy atom. The predicted octanol–water partition coefficient (Wildman–Crippen LogP) is 5.51. The van der Waals surface area contributed by atoms with Gasteiger partial charge in [-0.3, -0.25) is 57.5 Å². The number of rotatable bonds is 18. The largest absolute Gasteiger partial charge is 0.394 e. The maximum Gasteiger partial charge on any atom is 0.394 e. The van der Waals surface area contributed by atoms with Crippen molar-refractivity contribution in [2.75, 3.05) is 117 Å². The minimum Gasteiger partial charge on any atom is -0.381 e. The van der Waals surface area contributed by atoms with Gasteiger partial charge in [0.2, 0.25) is 70.9 Å². The minimum absolute atomic E-state index is 0.00871. The molecule has 13 atom stereocenters. The molecule has 606 valence electrons. The summed E-state index contributed by atoms with van der Waals surface area (Å²) in [7, 11) is 14.1. The van der Waals surface area contributed by atoms with Gasteiger partial charge in [-0.25, -0.2) is 0 Å². The summed E-state index contributed by atoms with van der Waals surface area (Å²) in [6.45, 7) is 11.8. The number of likely N-dealkylation sites (N-methyl/N-ethyl adjacent to an activating group) is 8. The van der Waals surface area contributed by atoms with Crippen LogP contribution in [0.3, 0.4) is 0 Å². The lowest BCUT2D eigenvalue weighted by molar-refractivity contribution is -0.215. The van der Waals surface area contributed by atoms with E-state index in [0.717, 1.165) is 40.4 Å². The Morgan fingerprint density at radius 2 is 1.33 bits per heavy atom. The molecule has 2 bridgehead atoms. The van der Waals surface area contributed by atoms with Gasteiger partial charge in [0.05, 0.1) is 44.2 Å². The van der Waals surface area contributed by atoms with Crippen molar-refractivity contribution in [2.45, 2.75) is 256 Å². The van der Waals surface area contributed by atoms with Crippen LogP contribution in [0.4, 0.5) is 13.2 Å². The number of hydrogen-bond acceptors (Lipinski definition) is 15. The van der Waals surface area contributed by atoms with Crippen molar-refractivity contribution in [2.24, 2.45) is 35.5 Å². The number of carbonyl (C=O) groups is 12. The molecule has 3 aliphatic carbocycles. The summed E-state index contributed by atoms with van der Waals surface area (Å²) in [4.78, 5) is 195. The van der Waals surface area contributed by atoms with Gasteiger partial charge in [0, 0.05) is 103 Å². The van der Waals surface area contributed by atoms with Crippen molar-refractivity contribution in [1.82, 2.24) is 59.6 Å². The molecule has 3 unspecified atom stereocenters. The molecule has 3 saturated carbocycles. The summed E-state index contributed by atoms with van der Waals surface area (Å²) in [5.41, 5.74) is -1.57. The van der Waals surface area contributed by atoms with Crippen molar-refractivity contribution in [3.05, 3.63) is 12.2 Å². The van der Waals surface area contributed by atoms with Crippen molar-refractivity contribution in [3.63, 3.8) is 0 Å². The summed E-state index contributed by atoms with van der Waals surface area (Å²) in [5.74, 6) is -10.8. The smallest absolute Gasteiger partial charge is 0.381 e. The van der Waals surface area contributed by atoms with Crippen LogP contribution in [0.1, 0.15) is 183 Å². The molecule has 3 aliphatic heterocycles. The van der Waals surface area contributed by atoms with Gasteiger partial charge < -0.3 is 73.8 Å². The first-order chi connectivity index (χ1) is 50.5. The van der Waals surface area contributed by atoms with Crippen molar-refractivity contribution in [3.8, 4) is 0 Å². The van der Waals surface area contributed by atoms with Gasteiger partial charge in [-0.15, -0.1) is 0 Å². The second-order valence-corrected chi connectivity index (χ2v) is 31.5. The van der Waals surface area contributed by atoms with E-state index in [1.807, 2.05) is 33.8 Å². The van der Waals surface area contributed by atoms with Gasteiger partial charge in [-0.2, -0.15) is 13.2 Å². The Morgan fingerprint density at radius 3 is 1.91 bits per heavy atom. The predicted molar refractivity (Wildman–Crippen MR) is 395 cm³/mol. The molecule has 1 spiro atoms. The van der Waals surface area contributed by atoms with E-state index in [0.29, 0.717) is 44.4 Å². The third kappa shape index (κ3) is 21.8. The summed E-state index contributed by atoms with van der Waals surface area (Å²) in [6.07, 6.45) is 2.84.